The highest BCUT2D eigenvalue weighted by Crippen LogP contribution is 2.35. The maximum Gasteiger partial charge on any atom is 0.303 e. The summed E-state index contributed by atoms with van der Waals surface area (Å²) in [7, 11) is 2.16. The Bertz CT molecular complexity index is 912. The second kappa shape index (κ2) is 9.31. The molecule has 1 aromatic heterocycles. The largest absolute Gasteiger partial charge is 0.481 e. The third-order valence-electron chi connectivity index (χ3n) is 6.77. The number of likely N-dealkylation sites (N-methyl/N-ethyl adjacent to an activating group) is 1. The van der Waals surface area contributed by atoms with E-state index in [0.29, 0.717) is 12.2 Å². The molecule has 0 radical (unpaired) electrons. The predicted molar refractivity (Wildman–Crippen MR) is 118 cm³/mol. The lowest BCUT2D eigenvalue weighted by atomic mass is 9.84. The van der Waals surface area contributed by atoms with Crippen molar-refractivity contribution in [2.45, 2.75) is 45.1 Å². The summed E-state index contributed by atoms with van der Waals surface area (Å²) < 4.78 is 2.33. The van der Waals surface area contributed by atoms with Crippen LogP contribution >= 0.6 is 0 Å². The molecule has 30 heavy (non-hydrogen) atoms. The number of fused-ring (bicyclic) bond motifs is 3. The van der Waals surface area contributed by atoms with Crippen molar-refractivity contribution >= 4 is 22.7 Å². The molecule has 1 aliphatic heterocycles. The first-order valence-electron chi connectivity index (χ1n) is 11.3. The van der Waals surface area contributed by atoms with Crippen molar-refractivity contribution in [2.24, 2.45) is 5.92 Å². The lowest BCUT2D eigenvalue weighted by Crippen LogP contribution is -2.47. The molecule has 0 spiro atoms. The van der Waals surface area contributed by atoms with Crippen LogP contribution in [0, 0.1) is 5.92 Å². The zero-order valence-corrected chi connectivity index (χ0v) is 18.0. The predicted octanol–water partition coefficient (Wildman–Crippen LogP) is 3.28. The molecule has 0 amide bonds. The Hall–Kier alpha value is -2.18. The first-order chi connectivity index (χ1) is 14.5. The van der Waals surface area contributed by atoms with E-state index in [0.717, 1.165) is 81.4 Å². The minimum absolute atomic E-state index is 0.0933. The molecule has 1 unspecified atom stereocenters. The van der Waals surface area contributed by atoms with Crippen LogP contribution in [0.15, 0.2) is 24.3 Å². The van der Waals surface area contributed by atoms with E-state index in [-0.39, 0.29) is 12.3 Å². The summed E-state index contributed by atoms with van der Waals surface area (Å²) in [5.41, 5.74) is 3.28. The van der Waals surface area contributed by atoms with Crippen molar-refractivity contribution < 1.29 is 14.7 Å². The van der Waals surface area contributed by atoms with Gasteiger partial charge in [0.25, 0.3) is 0 Å². The highest BCUT2D eigenvalue weighted by molar-refractivity contribution is 6.11. The third-order valence-corrected chi connectivity index (χ3v) is 6.77. The Morgan fingerprint density at radius 1 is 1.10 bits per heavy atom. The fourth-order valence-corrected chi connectivity index (χ4v) is 5.03. The number of aromatic nitrogens is 1. The number of para-hydroxylation sites is 1. The van der Waals surface area contributed by atoms with Gasteiger partial charge >= 0.3 is 5.97 Å². The van der Waals surface area contributed by atoms with Gasteiger partial charge in [-0.2, -0.15) is 0 Å². The number of aliphatic carboxylic acids is 1. The van der Waals surface area contributed by atoms with E-state index in [1.807, 2.05) is 12.1 Å². The van der Waals surface area contributed by atoms with Crippen molar-refractivity contribution in [1.29, 1.82) is 0 Å². The normalized spacial score (nSPS) is 20.6. The number of carboxylic acid groups (broad SMARTS) is 1. The first kappa shape index (κ1) is 21.1. The minimum atomic E-state index is -0.726. The Kier molecular flexibility index (Phi) is 6.54. The van der Waals surface area contributed by atoms with Crippen molar-refractivity contribution in [3.63, 3.8) is 0 Å². The third kappa shape index (κ3) is 4.44. The van der Waals surface area contributed by atoms with Gasteiger partial charge < -0.3 is 19.5 Å². The molecule has 6 heteroatoms. The number of unbranched alkanes of at least 4 members (excludes halogenated alkanes) is 2. The topological polar surface area (TPSA) is 65.8 Å². The monoisotopic (exact) mass is 411 g/mol. The lowest BCUT2D eigenvalue weighted by Gasteiger charge is -2.35. The molecule has 1 atom stereocenters. The van der Waals surface area contributed by atoms with E-state index < -0.39 is 5.97 Å². The van der Waals surface area contributed by atoms with Crippen molar-refractivity contribution in [2.75, 3.05) is 39.8 Å². The molecule has 162 valence electrons. The van der Waals surface area contributed by atoms with Gasteiger partial charge in [0.05, 0.1) is 0 Å². The summed E-state index contributed by atoms with van der Waals surface area (Å²) >= 11 is 0. The maximum absolute atomic E-state index is 13.5. The zero-order chi connectivity index (χ0) is 21.1. The second-order valence-electron chi connectivity index (χ2n) is 8.90. The number of aryl methyl sites for hydroxylation is 1. The number of piperazine rings is 1. The number of hydrogen-bond acceptors (Lipinski definition) is 4. The molecule has 1 saturated heterocycles. The molecule has 1 N–H and O–H groups in total. The van der Waals surface area contributed by atoms with Gasteiger partial charge in [-0.3, -0.25) is 9.59 Å². The SMILES string of the molecule is CN1CCN(CC2CCc3c(c4ccccc4n3CCCCCC(=O)O)C2=O)CC1. The molecule has 1 aromatic carbocycles. The van der Waals surface area contributed by atoms with Gasteiger partial charge in [0.2, 0.25) is 0 Å². The number of carbonyl (C=O) groups excluding carboxylic acids is 1. The van der Waals surface area contributed by atoms with Gasteiger partial charge in [-0.1, -0.05) is 24.6 Å². The van der Waals surface area contributed by atoms with Crippen LogP contribution in [0.4, 0.5) is 0 Å². The van der Waals surface area contributed by atoms with Gasteiger partial charge in [-0.25, -0.2) is 0 Å². The molecule has 2 heterocycles. The minimum Gasteiger partial charge on any atom is -0.481 e. The number of hydrogen-bond donors (Lipinski definition) is 1. The Labute approximate surface area is 178 Å². The number of nitrogens with zero attached hydrogens (tertiary/aromatic N) is 3. The van der Waals surface area contributed by atoms with Crippen LogP contribution in [0.25, 0.3) is 10.9 Å². The standard InChI is InChI=1S/C24H33N3O3/c1-25-13-15-26(16-14-25)17-18-10-11-21-23(24(18)30)19-7-4-5-8-20(19)27(21)12-6-2-3-9-22(28)29/h4-5,7-8,18H,2-3,6,9-17H2,1H3,(H,28,29). The van der Waals surface area contributed by atoms with Crippen LogP contribution in [-0.4, -0.2) is 71.0 Å². The summed E-state index contributed by atoms with van der Waals surface area (Å²) in [4.78, 5) is 29.1. The van der Waals surface area contributed by atoms with E-state index in [4.69, 9.17) is 5.11 Å². The molecule has 4 rings (SSSR count). The van der Waals surface area contributed by atoms with Crippen molar-refractivity contribution in [3.05, 3.63) is 35.5 Å². The highest BCUT2D eigenvalue weighted by atomic mass is 16.4. The van der Waals surface area contributed by atoms with E-state index in [2.05, 4.69) is 33.5 Å². The molecular formula is C24H33N3O3. The molecule has 0 bridgehead atoms. The van der Waals surface area contributed by atoms with Crippen LogP contribution in [0.3, 0.4) is 0 Å². The quantitative estimate of drug-likeness (QED) is 0.676. The van der Waals surface area contributed by atoms with Crippen molar-refractivity contribution in [1.82, 2.24) is 14.4 Å². The summed E-state index contributed by atoms with van der Waals surface area (Å²) in [6, 6.07) is 8.27. The van der Waals surface area contributed by atoms with Gasteiger partial charge in [0.15, 0.2) is 5.78 Å². The van der Waals surface area contributed by atoms with Gasteiger partial charge in [0, 0.05) is 73.8 Å². The van der Waals surface area contributed by atoms with Crippen LogP contribution in [0.5, 0.6) is 0 Å². The molecular weight excluding hydrogens is 378 g/mol. The summed E-state index contributed by atoms with van der Waals surface area (Å²) in [6.07, 6.45) is 4.65. The number of carboxylic acids is 1. The number of benzene rings is 1. The van der Waals surface area contributed by atoms with Gasteiger partial charge in [0.1, 0.15) is 0 Å². The van der Waals surface area contributed by atoms with Gasteiger partial charge in [-0.15, -0.1) is 0 Å². The molecule has 0 saturated carbocycles. The average Bonchev–Trinajstić information content (AvgIpc) is 3.05. The molecule has 6 nitrogen and oxygen atoms in total. The highest BCUT2D eigenvalue weighted by Gasteiger charge is 2.33. The fourth-order valence-electron chi connectivity index (χ4n) is 5.03. The molecule has 1 aliphatic carbocycles. The number of Topliss-reactive ketones (excluding diaryl/α,β-unsaturated/α-hetero) is 1. The first-order valence-corrected chi connectivity index (χ1v) is 11.3. The van der Waals surface area contributed by atoms with Crippen LogP contribution in [-0.2, 0) is 17.8 Å². The van der Waals surface area contributed by atoms with E-state index in [1.54, 1.807) is 0 Å². The summed E-state index contributed by atoms with van der Waals surface area (Å²) in [5, 5.41) is 9.92. The second-order valence-corrected chi connectivity index (χ2v) is 8.90. The summed E-state index contributed by atoms with van der Waals surface area (Å²) in [5.74, 6) is -0.317. The summed E-state index contributed by atoms with van der Waals surface area (Å²) in [6.45, 7) is 5.98. The smallest absolute Gasteiger partial charge is 0.303 e. The van der Waals surface area contributed by atoms with E-state index in [1.165, 1.54) is 5.69 Å². The number of ketones is 1. The molecule has 2 aromatic rings. The average molecular weight is 412 g/mol. The fraction of sp³-hybridized carbons (Fsp3) is 0.583. The zero-order valence-electron chi connectivity index (χ0n) is 18.0. The van der Waals surface area contributed by atoms with Gasteiger partial charge in [-0.05, 0) is 38.8 Å². The number of carbonyl (C=O) groups is 2. The number of rotatable bonds is 8. The maximum atomic E-state index is 13.5. The van der Waals surface area contributed by atoms with E-state index >= 15 is 0 Å². The van der Waals surface area contributed by atoms with Crippen LogP contribution in [0.2, 0.25) is 0 Å². The Morgan fingerprint density at radius 2 is 1.87 bits per heavy atom. The molecule has 1 fully saturated rings. The molecule has 2 aliphatic rings. The van der Waals surface area contributed by atoms with Crippen molar-refractivity contribution in [3.8, 4) is 0 Å². The lowest BCUT2D eigenvalue weighted by molar-refractivity contribution is -0.137. The Balaban J connectivity index is 1.50. The van der Waals surface area contributed by atoms with Crippen LogP contribution in [0.1, 0.15) is 48.2 Å². The Morgan fingerprint density at radius 3 is 2.63 bits per heavy atom. The van der Waals surface area contributed by atoms with Crippen LogP contribution < -0.4 is 0 Å². The van der Waals surface area contributed by atoms with E-state index in [9.17, 15) is 9.59 Å².